The molecular formula is C15H17N3O. The third kappa shape index (κ3) is 1.66. The average molecular weight is 255 g/mol. The Labute approximate surface area is 112 Å². The maximum atomic E-state index is 5.98. The van der Waals surface area contributed by atoms with Gasteiger partial charge in [0.1, 0.15) is 0 Å². The minimum Gasteiger partial charge on any atom is -0.367 e. The Bertz CT molecular complexity index is 593. The molecule has 19 heavy (non-hydrogen) atoms. The fourth-order valence-corrected chi connectivity index (χ4v) is 3.95. The van der Waals surface area contributed by atoms with Gasteiger partial charge >= 0.3 is 0 Å². The molecule has 0 spiro atoms. The van der Waals surface area contributed by atoms with Crippen LogP contribution in [0.2, 0.25) is 0 Å². The summed E-state index contributed by atoms with van der Waals surface area (Å²) in [6.07, 6.45) is 8.91. The molecule has 3 unspecified atom stereocenters. The van der Waals surface area contributed by atoms with Crippen molar-refractivity contribution >= 4 is 5.88 Å². The van der Waals surface area contributed by atoms with Crippen LogP contribution in [-0.2, 0) is 0 Å². The molecule has 0 amide bonds. The molecule has 4 rings (SSSR count). The summed E-state index contributed by atoms with van der Waals surface area (Å²) in [5.41, 5.74) is 9.01. The van der Waals surface area contributed by atoms with Crippen molar-refractivity contribution in [2.24, 2.45) is 11.8 Å². The van der Waals surface area contributed by atoms with Crippen molar-refractivity contribution in [2.75, 3.05) is 5.73 Å². The Morgan fingerprint density at radius 2 is 2.21 bits per heavy atom. The minimum absolute atomic E-state index is 0.422. The second kappa shape index (κ2) is 4.08. The summed E-state index contributed by atoms with van der Waals surface area (Å²) in [5, 5.41) is 4.27. The van der Waals surface area contributed by atoms with Gasteiger partial charge in [-0.25, -0.2) is 0 Å². The Morgan fingerprint density at radius 1 is 1.26 bits per heavy atom. The number of fused-ring (bicyclic) bond motifs is 2. The van der Waals surface area contributed by atoms with Gasteiger partial charge in [0.15, 0.2) is 0 Å². The number of anilines is 1. The van der Waals surface area contributed by atoms with E-state index in [-0.39, 0.29) is 0 Å². The number of pyridine rings is 1. The standard InChI is InChI=1S/C15H17N3O/c16-15-13(11-2-1-5-17-8-11)14(18-19-15)12-7-9-3-4-10(12)6-9/h1-2,5,8-10,12H,3-4,6-7,16H2. The van der Waals surface area contributed by atoms with E-state index < -0.39 is 0 Å². The lowest BCUT2D eigenvalue weighted by Crippen LogP contribution is -2.10. The van der Waals surface area contributed by atoms with E-state index in [1.807, 2.05) is 18.3 Å². The number of hydrogen-bond donors (Lipinski definition) is 1. The van der Waals surface area contributed by atoms with E-state index in [4.69, 9.17) is 10.3 Å². The maximum Gasteiger partial charge on any atom is 0.230 e. The highest BCUT2D eigenvalue weighted by Gasteiger charge is 2.43. The Kier molecular flexibility index (Phi) is 2.37. The zero-order chi connectivity index (χ0) is 12.8. The molecule has 2 bridgehead atoms. The molecule has 0 aromatic carbocycles. The molecule has 2 saturated carbocycles. The first-order valence-electron chi connectivity index (χ1n) is 6.98. The van der Waals surface area contributed by atoms with Gasteiger partial charge in [0, 0.05) is 23.9 Å². The van der Waals surface area contributed by atoms with Crippen LogP contribution in [0.4, 0.5) is 5.88 Å². The summed E-state index contributed by atoms with van der Waals surface area (Å²) in [4.78, 5) is 4.17. The van der Waals surface area contributed by atoms with Gasteiger partial charge in [0.05, 0.1) is 11.3 Å². The number of rotatable bonds is 2. The van der Waals surface area contributed by atoms with E-state index in [0.717, 1.165) is 28.7 Å². The molecule has 0 radical (unpaired) electrons. The van der Waals surface area contributed by atoms with Gasteiger partial charge in [0.25, 0.3) is 0 Å². The van der Waals surface area contributed by atoms with Crippen LogP contribution >= 0.6 is 0 Å². The second-order valence-electron chi connectivity index (χ2n) is 5.83. The van der Waals surface area contributed by atoms with E-state index in [0.29, 0.717) is 11.8 Å². The molecule has 4 nitrogen and oxygen atoms in total. The molecule has 4 heteroatoms. The van der Waals surface area contributed by atoms with Gasteiger partial charge in [-0.15, -0.1) is 0 Å². The van der Waals surface area contributed by atoms with Crippen molar-refractivity contribution in [3.05, 3.63) is 30.2 Å². The van der Waals surface area contributed by atoms with Crippen molar-refractivity contribution in [1.82, 2.24) is 10.1 Å². The summed E-state index contributed by atoms with van der Waals surface area (Å²) in [6.45, 7) is 0. The molecule has 3 atom stereocenters. The van der Waals surface area contributed by atoms with E-state index >= 15 is 0 Å². The topological polar surface area (TPSA) is 64.9 Å². The van der Waals surface area contributed by atoms with E-state index in [9.17, 15) is 0 Å². The number of nitrogens with two attached hydrogens (primary N) is 1. The average Bonchev–Trinajstić information content (AvgIpc) is 3.14. The lowest BCUT2D eigenvalue weighted by molar-refractivity contribution is 0.375. The van der Waals surface area contributed by atoms with Crippen molar-refractivity contribution in [3.8, 4) is 11.1 Å². The molecule has 2 fully saturated rings. The summed E-state index contributed by atoms with van der Waals surface area (Å²) >= 11 is 0. The molecule has 2 aliphatic rings. The fourth-order valence-electron chi connectivity index (χ4n) is 3.95. The zero-order valence-electron chi connectivity index (χ0n) is 10.7. The summed E-state index contributed by atoms with van der Waals surface area (Å²) in [5.74, 6) is 2.60. The molecule has 2 aromatic heterocycles. The smallest absolute Gasteiger partial charge is 0.230 e. The van der Waals surface area contributed by atoms with Crippen LogP contribution in [-0.4, -0.2) is 10.1 Å². The van der Waals surface area contributed by atoms with E-state index in [1.54, 1.807) is 6.20 Å². The third-order valence-electron chi connectivity index (χ3n) is 4.78. The maximum absolute atomic E-state index is 5.98. The molecule has 0 saturated heterocycles. The van der Waals surface area contributed by atoms with Crippen molar-refractivity contribution in [3.63, 3.8) is 0 Å². The first kappa shape index (κ1) is 11.0. The van der Waals surface area contributed by atoms with Crippen LogP contribution in [0, 0.1) is 11.8 Å². The second-order valence-corrected chi connectivity index (χ2v) is 5.83. The molecule has 2 heterocycles. The van der Waals surface area contributed by atoms with Crippen LogP contribution < -0.4 is 5.73 Å². The fraction of sp³-hybridized carbons (Fsp3) is 0.467. The normalized spacial score (nSPS) is 28.9. The minimum atomic E-state index is 0.422. The number of nitrogens with zero attached hydrogens (tertiary/aromatic N) is 2. The van der Waals surface area contributed by atoms with Crippen LogP contribution in [0.1, 0.15) is 37.3 Å². The van der Waals surface area contributed by atoms with E-state index in [2.05, 4.69) is 10.1 Å². The van der Waals surface area contributed by atoms with Crippen LogP contribution in [0.3, 0.4) is 0 Å². The summed E-state index contributed by atoms with van der Waals surface area (Å²) < 4.78 is 5.27. The van der Waals surface area contributed by atoms with Crippen molar-refractivity contribution in [2.45, 2.75) is 31.6 Å². The highest BCUT2D eigenvalue weighted by atomic mass is 16.5. The zero-order valence-corrected chi connectivity index (χ0v) is 10.7. The lowest BCUT2D eigenvalue weighted by Gasteiger charge is -2.20. The van der Waals surface area contributed by atoms with Gasteiger partial charge < -0.3 is 10.3 Å². The van der Waals surface area contributed by atoms with Gasteiger partial charge in [-0.05, 0) is 37.2 Å². The van der Waals surface area contributed by atoms with Crippen LogP contribution in [0.5, 0.6) is 0 Å². The van der Waals surface area contributed by atoms with Gasteiger partial charge in [-0.1, -0.05) is 17.6 Å². The number of nitrogen functional groups attached to an aromatic ring is 1. The van der Waals surface area contributed by atoms with E-state index in [1.165, 1.54) is 25.7 Å². The number of hydrogen-bond acceptors (Lipinski definition) is 4. The highest BCUT2D eigenvalue weighted by molar-refractivity contribution is 5.75. The highest BCUT2D eigenvalue weighted by Crippen LogP contribution is 2.54. The molecule has 0 aliphatic heterocycles. The first-order valence-corrected chi connectivity index (χ1v) is 6.98. The molecule has 2 N–H and O–H groups in total. The van der Waals surface area contributed by atoms with Crippen molar-refractivity contribution < 1.29 is 4.52 Å². The van der Waals surface area contributed by atoms with Gasteiger partial charge in [-0.2, -0.15) is 0 Å². The summed E-state index contributed by atoms with van der Waals surface area (Å²) in [6, 6.07) is 3.94. The van der Waals surface area contributed by atoms with Crippen LogP contribution in [0.15, 0.2) is 29.0 Å². The monoisotopic (exact) mass is 255 g/mol. The summed E-state index contributed by atoms with van der Waals surface area (Å²) in [7, 11) is 0. The molecule has 2 aliphatic carbocycles. The predicted octanol–water partition coefficient (Wildman–Crippen LogP) is 3.22. The predicted molar refractivity (Wildman–Crippen MR) is 72.3 cm³/mol. The Morgan fingerprint density at radius 3 is 2.89 bits per heavy atom. The quantitative estimate of drug-likeness (QED) is 0.894. The molecular weight excluding hydrogens is 238 g/mol. The lowest BCUT2D eigenvalue weighted by atomic mass is 9.84. The van der Waals surface area contributed by atoms with Crippen molar-refractivity contribution in [1.29, 1.82) is 0 Å². The van der Waals surface area contributed by atoms with Gasteiger partial charge in [-0.3, -0.25) is 4.98 Å². The van der Waals surface area contributed by atoms with Crippen LogP contribution in [0.25, 0.3) is 11.1 Å². The third-order valence-corrected chi connectivity index (χ3v) is 4.78. The Balaban J connectivity index is 1.78. The SMILES string of the molecule is Nc1onc(C2CC3CCC2C3)c1-c1cccnc1. The first-order chi connectivity index (χ1) is 9.33. The number of aromatic nitrogens is 2. The molecule has 98 valence electrons. The Hall–Kier alpha value is -1.84. The molecule has 2 aromatic rings. The largest absolute Gasteiger partial charge is 0.367 e. The van der Waals surface area contributed by atoms with Gasteiger partial charge in [0.2, 0.25) is 5.88 Å².